The van der Waals surface area contributed by atoms with Crippen molar-refractivity contribution < 1.29 is 18.0 Å². The molecule has 0 radical (unpaired) electrons. The van der Waals surface area contributed by atoms with Crippen molar-refractivity contribution in [3.05, 3.63) is 58.3 Å². The lowest BCUT2D eigenvalue weighted by atomic mass is 10.1. The molecule has 2 unspecified atom stereocenters. The highest BCUT2D eigenvalue weighted by Gasteiger charge is 2.44. The highest BCUT2D eigenvalue weighted by Crippen LogP contribution is 2.41. The topological polar surface area (TPSA) is 53.4 Å². The van der Waals surface area contributed by atoms with Crippen LogP contribution in [0.15, 0.2) is 42.7 Å². The Morgan fingerprint density at radius 3 is 2.51 bits per heavy atom. The number of rotatable bonds is 4. The first kappa shape index (κ1) is 24.2. The second-order valence-corrected chi connectivity index (χ2v) is 9.74. The summed E-state index contributed by atoms with van der Waals surface area (Å²) in [6.07, 6.45) is -1.55. The molecule has 3 heterocycles. The van der Waals surface area contributed by atoms with Gasteiger partial charge in [-0.15, -0.1) is 0 Å². The predicted molar refractivity (Wildman–Crippen MR) is 130 cm³/mol. The zero-order chi connectivity index (χ0) is 24.7. The molecule has 0 bridgehead atoms. The molecule has 11 heteroatoms. The Bertz CT molecular complexity index is 1230. The molecule has 2 fully saturated rings. The third kappa shape index (κ3) is 4.81. The highest BCUT2D eigenvalue weighted by molar-refractivity contribution is 6.35. The molecule has 5 rings (SSSR count). The molecule has 2 saturated heterocycles. The summed E-state index contributed by atoms with van der Waals surface area (Å²) >= 11 is 12.1. The molecule has 3 aromatic rings. The Morgan fingerprint density at radius 2 is 1.86 bits per heavy atom. The van der Waals surface area contributed by atoms with Gasteiger partial charge in [-0.25, -0.2) is 4.98 Å². The Morgan fingerprint density at radius 1 is 1.09 bits per heavy atom. The van der Waals surface area contributed by atoms with Gasteiger partial charge in [-0.05, 0) is 49.7 Å². The Kier molecular flexibility index (Phi) is 6.59. The first-order chi connectivity index (χ1) is 16.7. The summed E-state index contributed by atoms with van der Waals surface area (Å²) in [5.74, 6) is 0.128. The summed E-state index contributed by atoms with van der Waals surface area (Å²) in [6, 6.07) is 7.19. The second-order valence-electron chi connectivity index (χ2n) is 8.90. The van der Waals surface area contributed by atoms with Crippen molar-refractivity contribution in [1.82, 2.24) is 19.8 Å². The number of amides is 1. The number of anilines is 1. The number of imidazole rings is 1. The molecule has 0 spiro atoms. The van der Waals surface area contributed by atoms with Gasteiger partial charge in [-0.2, -0.15) is 13.2 Å². The van der Waals surface area contributed by atoms with Crippen LogP contribution in [0.25, 0.3) is 11.0 Å². The van der Waals surface area contributed by atoms with Crippen LogP contribution >= 0.6 is 23.2 Å². The summed E-state index contributed by atoms with van der Waals surface area (Å²) in [6.45, 7) is 3.21. The van der Waals surface area contributed by atoms with Crippen LogP contribution in [0.3, 0.4) is 0 Å². The van der Waals surface area contributed by atoms with E-state index in [2.05, 4.69) is 15.2 Å². The van der Waals surface area contributed by atoms with Crippen LogP contribution in [0.5, 0.6) is 0 Å². The van der Waals surface area contributed by atoms with Gasteiger partial charge in [-0.1, -0.05) is 29.3 Å². The van der Waals surface area contributed by atoms with E-state index in [1.165, 1.54) is 24.5 Å². The van der Waals surface area contributed by atoms with Crippen molar-refractivity contribution >= 4 is 45.8 Å². The number of hydrogen-bond acceptors (Lipinski definition) is 4. The van der Waals surface area contributed by atoms with Crippen molar-refractivity contribution in [2.24, 2.45) is 0 Å². The second kappa shape index (κ2) is 9.52. The van der Waals surface area contributed by atoms with Crippen LogP contribution in [0.4, 0.5) is 18.9 Å². The van der Waals surface area contributed by atoms with Crippen LogP contribution in [0.2, 0.25) is 10.0 Å². The zero-order valence-corrected chi connectivity index (χ0v) is 20.2. The minimum Gasteiger partial charge on any atom is -0.368 e. The first-order valence-electron chi connectivity index (χ1n) is 11.5. The number of aromatic nitrogens is 2. The molecule has 2 aliphatic rings. The van der Waals surface area contributed by atoms with E-state index in [-0.39, 0.29) is 27.6 Å². The lowest BCUT2D eigenvalue weighted by Gasteiger charge is -2.37. The van der Waals surface area contributed by atoms with Crippen LogP contribution in [-0.4, -0.2) is 65.3 Å². The van der Waals surface area contributed by atoms with Crippen molar-refractivity contribution in [2.75, 3.05) is 37.6 Å². The van der Waals surface area contributed by atoms with E-state index in [0.29, 0.717) is 37.2 Å². The molecule has 2 aliphatic heterocycles. The van der Waals surface area contributed by atoms with Crippen LogP contribution in [-0.2, 0) is 4.79 Å². The van der Waals surface area contributed by atoms with Gasteiger partial charge in [0.2, 0.25) is 5.91 Å². The Labute approximate surface area is 210 Å². The molecular formula is C24H24Cl2F3N5O. The van der Waals surface area contributed by atoms with E-state index in [0.717, 1.165) is 29.6 Å². The Hall–Kier alpha value is -2.49. The van der Waals surface area contributed by atoms with Gasteiger partial charge in [-0.3, -0.25) is 4.79 Å². The number of piperazine rings is 1. The molecule has 2 atom stereocenters. The average Bonchev–Trinajstić information content (AvgIpc) is 3.50. The number of fused-ring (bicyclic) bond motifs is 1. The normalized spacial score (nSPS) is 20.0. The highest BCUT2D eigenvalue weighted by atomic mass is 35.5. The number of carbonyl (C=O) groups is 1. The number of benzene rings is 2. The summed E-state index contributed by atoms with van der Waals surface area (Å²) < 4.78 is 44.0. The molecule has 186 valence electrons. The minimum atomic E-state index is -4.61. The standard InChI is InChI=1S/C24H24Cl2F3N5O/c25-15-3-5-17(18(26)12-15)22(24(27,28)29)34-14-31-19-6-4-16(13-21(19)34)32-8-10-33(11-9-32)23(35)20-2-1-7-30-20/h3-6,12-14,20,22,30H,1-2,7-11H2. The molecular weight excluding hydrogens is 502 g/mol. The quantitative estimate of drug-likeness (QED) is 0.526. The fourth-order valence-electron chi connectivity index (χ4n) is 4.92. The number of alkyl halides is 3. The maximum absolute atomic E-state index is 14.3. The van der Waals surface area contributed by atoms with Crippen LogP contribution in [0, 0.1) is 0 Å². The third-order valence-electron chi connectivity index (χ3n) is 6.72. The lowest BCUT2D eigenvalue weighted by Crippen LogP contribution is -2.53. The molecule has 2 aromatic carbocycles. The molecule has 1 aromatic heterocycles. The van der Waals surface area contributed by atoms with Crippen LogP contribution < -0.4 is 10.2 Å². The van der Waals surface area contributed by atoms with Gasteiger partial charge in [0.05, 0.1) is 23.4 Å². The van der Waals surface area contributed by atoms with E-state index >= 15 is 0 Å². The van der Waals surface area contributed by atoms with Crippen molar-refractivity contribution in [1.29, 1.82) is 0 Å². The van der Waals surface area contributed by atoms with Crippen LogP contribution in [0.1, 0.15) is 24.4 Å². The smallest absolute Gasteiger partial charge is 0.368 e. The number of nitrogens with zero attached hydrogens (tertiary/aromatic N) is 4. The van der Waals surface area contributed by atoms with Gasteiger partial charge in [0.1, 0.15) is 0 Å². The monoisotopic (exact) mass is 525 g/mol. The molecule has 35 heavy (non-hydrogen) atoms. The van der Waals surface area contributed by atoms with Gasteiger partial charge >= 0.3 is 6.18 Å². The fraction of sp³-hybridized carbons (Fsp3) is 0.417. The van der Waals surface area contributed by atoms with E-state index < -0.39 is 12.2 Å². The molecule has 1 amide bonds. The van der Waals surface area contributed by atoms with Crippen molar-refractivity contribution in [3.8, 4) is 0 Å². The lowest BCUT2D eigenvalue weighted by molar-refractivity contribution is -0.156. The molecule has 1 N–H and O–H groups in total. The number of hydrogen-bond donors (Lipinski definition) is 1. The summed E-state index contributed by atoms with van der Waals surface area (Å²) in [5, 5.41) is 3.44. The minimum absolute atomic E-state index is 0.0598. The van der Waals surface area contributed by atoms with Gasteiger partial charge in [0.15, 0.2) is 6.04 Å². The molecule has 0 aliphatic carbocycles. The van der Waals surface area contributed by atoms with E-state index in [4.69, 9.17) is 23.2 Å². The van der Waals surface area contributed by atoms with E-state index in [9.17, 15) is 18.0 Å². The van der Waals surface area contributed by atoms with Crippen molar-refractivity contribution in [2.45, 2.75) is 31.1 Å². The summed E-state index contributed by atoms with van der Waals surface area (Å²) in [5.41, 5.74) is 1.49. The van der Waals surface area contributed by atoms with Gasteiger partial charge < -0.3 is 19.7 Å². The maximum atomic E-state index is 14.3. The summed E-state index contributed by atoms with van der Waals surface area (Å²) in [4.78, 5) is 20.8. The average molecular weight is 526 g/mol. The number of carbonyl (C=O) groups excluding carboxylic acids is 1. The van der Waals surface area contributed by atoms with E-state index in [1.807, 2.05) is 11.0 Å². The SMILES string of the molecule is O=C(C1CCCN1)N1CCN(c2ccc3ncn(C(c4ccc(Cl)cc4Cl)C(F)(F)F)c3c2)CC1. The molecule has 6 nitrogen and oxygen atoms in total. The largest absolute Gasteiger partial charge is 0.413 e. The number of nitrogens with one attached hydrogen (secondary N) is 1. The third-order valence-corrected chi connectivity index (χ3v) is 7.28. The van der Waals surface area contributed by atoms with Gasteiger partial charge in [0.25, 0.3) is 0 Å². The van der Waals surface area contributed by atoms with Gasteiger partial charge in [0, 0.05) is 47.5 Å². The summed E-state index contributed by atoms with van der Waals surface area (Å²) in [7, 11) is 0. The maximum Gasteiger partial charge on any atom is 0.413 e. The molecule has 0 saturated carbocycles. The first-order valence-corrected chi connectivity index (χ1v) is 12.2. The van der Waals surface area contributed by atoms with Crippen molar-refractivity contribution in [3.63, 3.8) is 0 Å². The Balaban J connectivity index is 1.42. The zero-order valence-electron chi connectivity index (χ0n) is 18.7. The fourth-order valence-corrected chi connectivity index (χ4v) is 5.44. The van der Waals surface area contributed by atoms with E-state index in [1.54, 1.807) is 12.1 Å². The number of halogens is 5. The predicted octanol–water partition coefficient (Wildman–Crippen LogP) is 4.90.